The van der Waals surface area contributed by atoms with Gasteiger partial charge < -0.3 is 4.74 Å². The second-order valence-electron chi connectivity index (χ2n) is 8.44. The van der Waals surface area contributed by atoms with Crippen LogP contribution in [-0.4, -0.2) is 11.0 Å². The molecule has 4 aromatic rings. The fourth-order valence-corrected chi connectivity index (χ4v) is 3.54. The average Bonchev–Trinajstić information content (AvgIpc) is 2.77. The minimum absolute atomic E-state index is 0.0296. The molecule has 0 amide bonds. The summed E-state index contributed by atoms with van der Waals surface area (Å²) in [5.41, 5.74) is 3.36. The van der Waals surface area contributed by atoms with Crippen molar-refractivity contribution in [3.63, 3.8) is 0 Å². The minimum Gasteiger partial charge on any atom is -0.447 e. The number of fused-ring (bicyclic) bond motifs is 1. The zero-order valence-electron chi connectivity index (χ0n) is 17.5. The molecule has 0 fully saturated rings. The molecule has 0 unspecified atom stereocenters. The van der Waals surface area contributed by atoms with Crippen molar-refractivity contribution in [1.82, 2.24) is 4.98 Å². The molecule has 0 saturated heterocycles. The van der Waals surface area contributed by atoms with Crippen LogP contribution in [0, 0.1) is 0 Å². The molecule has 0 bridgehead atoms. The summed E-state index contributed by atoms with van der Waals surface area (Å²) in [5, 5.41) is 2.04. The first-order valence-electron chi connectivity index (χ1n) is 10.1. The Morgan fingerprint density at radius 1 is 0.833 bits per heavy atom. The van der Waals surface area contributed by atoms with Crippen LogP contribution in [0.25, 0.3) is 10.8 Å². The van der Waals surface area contributed by atoms with Crippen LogP contribution in [0.15, 0.2) is 91.1 Å². The van der Waals surface area contributed by atoms with Gasteiger partial charge in [0.2, 0.25) is 0 Å². The van der Waals surface area contributed by atoms with Crippen LogP contribution in [-0.2, 0) is 10.2 Å². The molecule has 4 rings (SSSR count). The monoisotopic (exact) mass is 395 g/mol. The number of carbonyl (C=O) groups excluding carboxylic acids is 1. The summed E-state index contributed by atoms with van der Waals surface area (Å²) >= 11 is 0. The number of hydrogen-bond acceptors (Lipinski definition) is 3. The molecule has 3 aromatic carbocycles. The molecule has 3 nitrogen and oxygen atoms in total. The summed E-state index contributed by atoms with van der Waals surface area (Å²) in [6.07, 6.45) is 1.17. The zero-order valence-corrected chi connectivity index (χ0v) is 17.5. The third-order valence-electron chi connectivity index (χ3n) is 5.27. The Morgan fingerprint density at radius 3 is 2.20 bits per heavy atom. The van der Waals surface area contributed by atoms with Crippen molar-refractivity contribution < 1.29 is 9.53 Å². The standard InChI is InChI=1S/C27H25NO2/c1-27(2,3)22-15-13-21(14-16-22)26(29)30-25(20-10-5-4-6-11-20)24-23-12-8-7-9-19(23)17-18-28-24/h4-18,25H,1-3H3/t25-/m1/s1. The van der Waals surface area contributed by atoms with E-state index in [0.29, 0.717) is 5.56 Å². The van der Waals surface area contributed by atoms with Crippen LogP contribution in [0.5, 0.6) is 0 Å². The Hall–Kier alpha value is -3.46. The molecule has 150 valence electrons. The van der Waals surface area contributed by atoms with Crippen LogP contribution < -0.4 is 0 Å². The van der Waals surface area contributed by atoms with Crippen LogP contribution in [0.2, 0.25) is 0 Å². The molecule has 3 heteroatoms. The number of hydrogen-bond donors (Lipinski definition) is 0. The maximum atomic E-state index is 13.0. The van der Waals surface area contributed by atoms with Crippen molar-refractivity contribution in [2.45, 2.75) is 32.3 Å². The molecule has 1 heterocycles. The predicted octanol–water partition coefficient (Wildman–Crippen LogP) is 6.48. The van der Waals surface area contributed by atoms with Crippen molar-refractivity contribution in [1.29, 1.82) is 0 Å². The van der Waals surface area contributed by atoms with Gasteiger partial charge in [0, 0.05) is 11.6 Å². The van der Waals surface area contributed by atoms with Crippen LogP contribution in [0.3, 0.4) is 0 Å². The first-order chi connectivity index (χ1) is 14.4. The fraction of sp³-hybridized carbons (Fsp3) is 0.185. The number of pyridine rings is 1. The van der Waals surface area contributed by atoms with Gasteiger partial charge in [-0.3, -0.25) is 4.98 Å². The van der Waals surface area contributed by atoms with E-state index < -0.39 is 6.10 Å². The van der Waals surface area contributed by atoms with Gasteiger partial charge in [-0.1, -0.05) is 87.5 Å². The highest BCUT2D eigenvalue weighted by molar-refractivity contribution is 5.90. The lowest BCUT2D eigenvalue weighted by Gasteiger charge is -2.21. The second kappa shape index (κ2) is 8.11. The van der Waals surface area contributed by atoms with Gasteiger partial charge in [0.05, 0.1) is 11.3 Å². The van der Waals surface area contributed by atoms with Gasteiger partial charge in [-0.25, -0.2) is 4.79 Å². The number of nitrogens with zero attached hydrogens (tertiary/aromatic N) is 1. The molecular formula is C27H25NO2. The van der Waals surface area contributed by atoms with Crippen molar-refractivity contribution in [2.24, 2.45) is 0 Å². The molecule has 0 aliphatic rings. The average molecular weight is 396 g/mol. The van der Waals surface area contributed by atoms with Gasteiger partial charge in [-0.15, -0.1) is 0 Å². The van der Waals surface area contributed by atoms with Crippen LogP contribution in [0.1, 0.15) is 54.1 Å². The molecule has 0 aliphatic heterocycles. The summed E-state index contributed by atoms with van der Waals surface area (Å²) in [6, 6.07) is 27.4. The molecule has 0 saturated carbocycles. The van der Waals surface area contributed by atoms with Crippen LogP contribution >= 0.6 is 0 Å². The number of aromatic nitrogens is 1. The SMILES string of the molecule is CC(C)(C)c1ccc(C(=O)O[C@H](c2ccccc2)c2nccc3ccccc23)cc1. The Kier molecular flexibility index (Phi) is 5.37. The molecule has 0 aliphatic carbocycles. The van der Waals surface area contributed by atoms with Gasteiger partial charge in [0.25, 0.3) is 0 Å². The highest BCUT2D eigenvalue weighted by Gasteiger charge is 2.24. The van der Waals surface area contributed by atoms with E-state index in [0.717, 1.165) is 22.0 Å². The van der Waals surface area contributed by atoms with Crippen molar-refractivity contribution in [3.8, 4) is 0 Å². The number of carbonyl (C=O) groups is 1. The molecule has 1 atom stereocenters. The first-order valence-corrected chi connectivity index (χ1v) is 10.1. The third kappa shape index (κ3) is 4.11. The Bertz CT molecular complexity index is 1150. The van der Waals surface area contributed by atoms with E-state index in [1.807, 2.05) is 84.9 Å². The summed E-state index contributed by atoms with van der Waals surface area (Å²) < 4.78 is 6.04. The van der Waals surface area contributed by atoms with E-state index in [4.69, 9.17) is 4.74 Å². The molecule has 0 radical (unpaired) electrons. The van der Waals surface area contributed by atoms with Gasteiger partial charge in [-0.05, 0) is 40.1 Å². The molecule has 1 aromatic heterocycles. The topological polar surface area (TPSA) is 39.2 Å². The summed E-state index contributed by atoms with van der Waals surface area (Å²) in [5.74, 6) is -0.362. The largest absolute Gasteiger partial charge is 0.447 e. The summed E-state index contributed by atoms with van der Waals surface area (Å²) in [4.78, 5) is 17.6. The smallest absolute Gasteiger partial charge is 0.339 e. The summed E-state index contributed by atoms with van der Waals surface area (Å²) in [6.45, 7) is 6.45. The first kappa shape index (κ1) is 19.8. The van der Waals surface area contributed by atoms with Crippen molar-refractivity contribution in [2.75, 3.05) is 0 Å². The fourth-order valence-electron chi connectivity index (χ4n) is 3.54. The molecule has 0 N–H and O–H groups in total. The lowest BCUT2D eigenvalue weighted by atomic mass is 9.87. The van der Waals surface area contributed by atoms with E-state index >= 15 is 0 Å². The Labute approximate surface area is 177 Å². The van der Waals surface area contributed by atoms with E-state index in [9.17, 15) is 4.79 Å². The summed E-state index contributed by atoms with van der Waals surface area (Å²) in [7, 11) is 0. The normalized spacial score (nSPS) is 12.5. The number of rotatable bonds is 4. The van der Waals surface area contributed by atoms with Crippen molar-refractivity contribution in [3.05, 3.63) is 114 Å². The lowest BCUT2D eigenvalue weighted by Crippen LogP contribution is -2.15. The highest BCUT2D eigenvalue weighted by atomic mass is 16.5. The molecular weight excluding hydrogens is 370 g/mol. The number of benzene rings is 3. The number of esters is 1. The van der Waals surface area contributed by atoms with Crippen LogP contribution in [0.4, 0.5) is 0 Å². The number of ether oxygens (including phenoxy) is 1. The molecule has 30 heavy (non-hydrogen) atoms. The van der Waals surface area contributed by atoms with Crippen molar-refractivity contribution >= 4 is 16.7 Å². The second-order valence-corrected chi connectivity index (χ2v) is 8.44. The Balaban J connectivity index is 1.72. The quantitative estimate of drug-likeness (QED) is 0.371. The van der Waals surface area contributed by atoms with E-state index in [1.54, 1.807) is 6.20 Å². The predicted molar refractivity (Wildman–Crippen MR) is 121 cm³/mol. The highest BCUT2D eigenvalue weighted by Crippen LogP contribution is 2.31. The zero-order chi connectivity index (χ0) is 21.1. The maximum Gasteiger partial charge on any atom is 0.339 e. The van der Waals surface area contributed by atoms with Gasteiger partial charge in [0.15, 0.2) is 6.10 Å². The van der Waals surface area contributed by atoms with E-state index in [2.05, 4.69) is 25.8 Å². The van der Waals surface area contributed by atoms with Gasteiger partial charge >= 0.3 is 5.97 Å². The minimum atomic E-state index is -0.591. The third-order valence-corrected chi connectivity index (χ3v) is 5.27. The van der Waals surface area contributed by atoms with Gasteiger partial charge in [-0.2, -0.15) is 0 Å². The van der Waals surface area contributed by atoms with E-state index in [1.165, 1.54) is 5.56 Å². The lowest BCUT2D eigenvalue weighted by molar-refractivity contribution is 0.0373. The Morgan fingerprint density at radius 2 is 1.50 bits per heavy atom. The van der Waals surface area contributed by atoms with Gasteiger partial charge in [0.1, 0.15) is 0 Å². The molecule has 0 spiro atoms. The van der Waals surface area contributed by atoms with E-state index in [-0.39, 0.29) is 11.4 Å². The maximum absolute atomic E-state index is 13.0.